The molecule has 0 radical (unpaired) electrons. The molecule has 1 aliphatic heterocycles. The topological polar surface area (TPSA) is 67.4 Å². The third-order valence-electron chi connectivity index (χ3n) is 5.21. The molecule has 1 N–H and O–H groups in total. The summed E-state index contributed by atoms with van der Waals surface area (Å²) in [6, 6.07) is 8.29. The molecule has 3 heterocycles. The van der Waals surface area contributed by atoms with Crippen LogP contribution in [0.2, 0.25) is 0 Å². The number of aromatic nitrogens is 2. The smallest absolute Gasteiger partial charge is 0.261 e. The molecule has 7 heteroatoms. The second-order valence-electron chi connectivity index (χ2n) is 7.92. The minimum absolute atomic E-state index is 0.0227. The summed E-state index contributed by atoms with van der Waals surface area (Å²) in [5.41, 5.74) is 2.11. The largest absolute Gasteiger partial charge is 0.371 e. The van der Waals surface area contributed by atoms with Crippen LogP contribution in [0.3, 0.4) is 0 Å². The first kappa shape index (κ1) is 20.9. The molecular formula is C23H28N4O2S. The number of amides is 1. The number of benzene rings is 1. The first-order valence-electron chi connectivity index (χ1n) is 10.5. The van der Waals surface area contributed by atoms with Crippen LogP contribution in [-0.2, 0) is 17.7 Å². The molecule has 0 bridgehead atoms. The standard InChI is InChI=1S/C23H28N4O2S/c1-4-20-24-11-16(12-25-20)13-27-9-10-29-18(14-27)21-17-7-5-6-8-19(17)30-22(21)23(28)26-15(2)3/h5-8,11-12,15,18H,4,9-10,13-14H2,1-3H3,(H,26,28)/t18-/m1/s1. The lowest BCUT2D eigenvalue weighted by Gasteiger charge is -2.33. The highest BCUT2D eigenvalue weighted by molar-refractivity contribution is 7.21. The van der Waals surface area contributed by atoms with Crippen LogP contribution in [0.25, 0.3) is 10.1 Å². The third kappa shape index (κ3) is 4.53. The highest BCUT2D eigenvalue weighted by atomic mass is 32.1. The van der Waals surface area contributed by atoms with Gasteiger partial charge in [0.2, 0.25) is 0 Å². The van der Waals surface area contributed by atoms with Crippen molar-refractivity contribution in [2.45, 2.75) is 45.9 Å². The SMILES string of the molecule is CCc1ncc(CN2CCO[C@@H](c3c(C(=O)NC(C)C)sc4ccccc34)C2)cn1. The van der Waals surface area contributed by atoms with E-state index >= 15 is 0 Å². The van der Waals surface area contributed by atoms with Crippen LogP contribution in [0.5, 0.6) is 0 Å². The van der Waals surface area contributed by atoms with E-state index in [1.807, 2.05) is 38.4 Å². The number of carbonyl (C=O) groups is 1. The van der Waals surface area contributed by atoms with Crippen molar-refractivity contribution < 1.29 is 9.53 Å². The molecule has 6 nitrogen and oxygen atoms in total. The maximum absolute atomic E-state index is 12.9. The molecule has 1 aromatic carbocycles. The minimum Gasteiger partial charge on any atom is -0.371 e. The molecule has 2 aromatic heterocycles. The Hall–Kier alpha value is -2.35. The van der Waals surface area contributed by atoms with Gasteiger partial charge >= 0.3 is 0 Å². The van der Waals surface area contributed by atoms with E-state index in [1.165, 1.54) is 0 Å². The van der Waals surface area contributed by atoms with E-state index in [2.05, 4.69) is 39.2 Å². The van der Waals surface area contributed by atoms with E-state index in [0.717, 1.165) is 58.0 Å². The van der Waals surface area contributed by atoms with E-state index in [-0.39, 0.29) is 18.1 Å². The molecule has 1 aliphatic rings. The molecule has 3 aromatic rings. The zero-order chi connectivity index (χ0) is 21.1. The predicted octanol–water partition coefficient (Wildman–Crippen LogP) is 3.97. The first-order chi connectivity index (χ1) is 14.5. The van der Waals surface area contributed by atoms with Gasteiger partial charge in [0.1, 0.15) is 5.82 Å². The summed E-state index contributed by atoms with van der Waals surface area (Å²) in [5, 5.41) is 4.16. The lowest BCUT2D eigenvalue weighted by Crippen LogP contribution is -2.38. The van der Waals surface area contributed by atoms with Crippen LogP contribution < -0.4 is 5.32 Å². The normalized spacial score (nSPS) is 17.5. The van der Waals surface area contributed by atoms with Crippen LogP contribution in [0.1, 0.15) is 53.5 Å². The Labute approximate surface area is 181 Å². The number of thiophene rings is 1. The fourth-order valence-electron chi connectivity index (χ4n) is 3.81. The Morgan fingerprint density at radius 2 is 2.07 bits per heavy atom. The first-order valence-corrected chi connectivity index (χ1v) is 11.3. The van der Waals surface area contributed by atoms with Gasteiger partial charge in [0, 0.05) is 60.3 Å². The third-order valence-corrected chi connectivity index (χ3v) is 6.40. The molecule has 1 saturated heterocycles. The summed E-state index contributed by atoms with van der Waals surface area (Å²) in [7, 11) is 0. The summed E-state index contributed by atoms with van der Waals surface area (Å²) in [6.07, 6.45) is 4.53. The molecule has 158 valence electrons. The van der Waals surface area contributed by atoms with Crippen molar-refractivity contribution in [3.8, 4) is 0 Å². The molecule has 4 rings (SSSR count). The van der Waals surface area contributed by atoms with Gasteiger partial charge in [-0.05, 0) is 25.3 Å². The average Bonchev–Trinajstić information content (AvgIpc) is 3.14. The van der Waals surface area contributed by atoms with Crippen LogP contribution in [0.15, 0.2) is 36.7 Å². The minimum atomic E-state index is -0.140. The Kier molecular flexibility index (Phi) is 6.41. The molecule has 1 amide bonds. The van der Waals surface area contributed by atoms with Gasteiger partial charge in [-0.15, -0.1) is 11.3 Å². The van der Waals surface area contributed by atoms with Crippen molar-refractivity contribution in [1.29, 1.82) is 0 Å². The van der Waals surface area contributed by atoms with Crippen molar-refractivity contribution in [2.75, 3.05) is 19.7 Å². The number of carbonyl (C=O) groups excluding carboxylic acids is 1. The average molecular weight is 425 g/mol. The summed E-state index contributed by atoms with van der Waals surface area (Å²) in [4.78, 5) is 24.9. The van der Waals surface area contributed by atoms with E-state index in [9.17, 15) is 4.79 Å². The van der Waals surface area contributed by atoms with Gasteiger partial charge in [0.15, 0.2) is 0 Å². The van der Waals surface area contributed by atoms with Crippen molar-refractivity contribution in [3.63, 3.8) is 0 Å². The lowest BCUT2D eigenvalue weighted by molar-refractivity contribution is -0.0323. The van der Waals surface area contributed by atoms with E-state index in [1.54, 1.807) is 11.3 Å². The Morgan fingerprint density at radius 1 is 1.30 bits per heavy atom. The summed E-state index contributed by atoms with van der Waals surface area (Å²) < 4.78 is 7.30. The molecule has 1 atom stereocenters. The second kappa shape index (κ2) is 9.20. The number of nitrogens with zero attached hydrogens (tertiary/aromatic N) is 3. The number of hydrogen-bond acceptors (Lipinski definition) is 6. The van der Waals surface area contributed by atoms with Gasteiger partial charge in [-0.3, -0.25) is 9.69 Å². The van der Waals surface area contributed by atoms with Crippen molar-refractivity contribution in [2.24, 2.45) is 0 Å². The van der Waals surface area contributed by atoms with Crippen LogP contribution in [0, 0.1) is 0 Å². The summed E-state index contributed by atoms with van der Waals surface area (Å²) >= 11 is 1.55. The van der Waals surface area contributed by atoms with Crippen molar-refractivity contribution in [3.05, 3.63) is 58.5 Å². The fraction of sp³-hybridized carbons (Fsp3) is 0.435. The van der Waals surface area contributed by atoms with E-state index in [4.69, 9.17) is 4.74 Å². The van der Waals surface area contributed by atoms with Crippen LogP contribution >= 0.6 is 11.3 Å². The quantitative estimate of drug-likeness (QED) is 0.649. The number of morpholine rings is 1. The summed E-state index contributed by atoms with van der Waals surface area (Å²) in [5.74, 6) is 0.842. The highest BCUT2D eigenvalue weighted by Crippen LogP contribution is 2.38. The Balaban J connectivity index is 1.59. The maximum atomic E-state index is 12.9. The molecule has 0 aliphatic carbocycles. The van der Waals surface area contributed by atoms with Gasteiger partial charge in [0.25, 0.3) is 5.91 Å². The van der Waals surface area contributed by atoms with Gasteiger partial charge in [-0.1, -0.05) is 25.1 Å². The van der Waals surface area contributed by atoms with Crippen molar-refractivity contribution in [1.82, 2.24) is 20.2 Å². The Bertz CT molecular complexity index is 1020. The monoisotopic (exact) mass is 424 g/mol. The maximum Gasteiger partial charge on any atom is 0.261 e. The van der Waals surface area contributed by atoms with Crippen LogP contribution in [-0.4, -0.2) is 46.5 Å². The van der Waals surface area contributed by atoms with Gasteiger partial charge < -0.3 is 10.1 Å². The zero-order valence-corrected chi connectivity index (χ0v) is 18.5. The second-order valence-corrected chi connectivity index (χ2v) is 8.98. The van der Waals surface area contributed by atoms with Crippen LogP contribution in [0.4, 0.5) is 0 Å². The predicted molar refractivity (Wildman–Crippen MR) is 120 cm³/mol. The zero-order valence-electron chi connectivity index (χ0n) is 17.7. The van der Waals surface area contributed by atoms with E-state index < -0.39 is 0 Å². The molecular weight excluding hydrogens is 396 g/mol. The molecule has 0 saturated carbocycles. The van der Waals surface area contributed by atoms with Gasteiger partial charge in [-0.2, -0.15) is 0 Å². The van der Waals surface area contributed by atoms with Gasteiger partial charge in [0.05, 0.1) is 17.6 Å². The fourth-order valence-corrected chi connectivity index (χ4v) is 4.96. The lowest BCUT2D eigenvalue weighted by atomic mass is 10.0. The highest BCUT2D eigenvalue weighted by Gasteiger charge is 2.30. The number of fused-ring (bicyclic) bond motifs is 1. The van der Waals surface area contributed by atoms with E-state index in [0.29, 0.717) is 6.61 Å². The molecule has 0 unspecified atom stereocenters. The number of aryl methyl sites for hydroxylation is 1. The summed E-state index contributed by atoms with van der Waals surface area (Å²) in [6.45, 7) is 9.01. The number of hydrogen-bond donors (Lipinski definition) is 1. The number of nitrogens with one attached hydrogen (secondary N) is 1. The molecule has 0 spiro atoms. The number of rotatable bonds is 6. The molecule has 30 heavy (non-hydrogen) atoms. The van der Waals surface area contributed by atoms with Crippen molar-refractivity contribution >= 4 is 27.3 Å². The molecule has 1 fully saturated rings. The Morgan fingerprint density at radius 3 is 2.80 bits per heavy atom. The number of ether oxygens (including phenoxy) is 1. The van der Waals surface area contributed by atoms with Gasteiger partial charge in [-0.25, -0.2) is 9.97 Å².